The highest BCUT2D eigenvalue weighted by molar-refractivity contribution is 6.31. The van der Waals surface area contributed by atoms with E-state index >= 15 is 0 Å². The molecular weight excluding hydrogens is 406 g/mol. The molecule has 6 nitrogen and oxygen atoms in total. The van der Waals surface area contributed by atoms with Crippen LogP contribution in [0, 0.1) is 5.82 Å². The van der Waals surface area contributed by atoms with Crippen molar-refractivity contribution in [2.75, 3.05) is 18.0 Å². The maximum Gasteiger partial charge on any atom is 0.410 e. The first kappa shape index (κ1) is 19.5. The predicted molar refractivity (Wildman–Crippen MR) is 107 cm³/mol. The van der Waals surface area contributed by atoms with Crippen LogP contribution in [0.1, 0.15) is 33.6 Å². The summed E-state index contributed by atoms with van der Waals surface area (Å²) < 4.78 is 19.9. The number of halogens is 3. The van der Waals surface area contributed by atoms with Gasteiger partial charge in [-0.1, -0.05) is 11.6 Å². The second-order valence-corrected chi connectivity index (χ2v) is 9.05. The number of aromatic nitrogens is 2. The molecule has 1 aromatic heterocycles. The number of fused-ring (bicyclic) bond motifs is 3. The van der Waals surface area contributed by atoms with Gasteiger partial charge in [-0.3, -0.25) is 4.90 Å². The normalized spacial score (nSPS) is 22.1. The molecule has 2 saturated heterocycles. The summed E-state index contributed by atoms with van der Waals surface area (Å²) in [6.45, 7) is 6.70. The zero-order chi connectivity index (χ0) is 20.2. The fourth-order valence-corrected chi connectivity index (χ4v) is 4.41. The molecule has 0 saturated carbocycles. The molecule has 0 spiro atoms. The minimum absolute atomic E-state index is 0.00132. The quantitative estimate of drug-likeness (QED) is 0.620. The van der Waals surface area contributed by atoms with E-state index in [0.717, 1.165) is 12.8 Å². The average molecular weight is 427 g/mol. The Morgan fingerprint density at radius 1 is 1.18 bits per heavy atom. The highest BCUT2D eigenvalue weighted by atomic mass is 35.5. The van der Waals surface area contributed by atoms with Gasteiger partial charge in [0.05, 0.1) is 12.1 Å². The van der Waals surface area contributed by atoms with E-state index in [2.05, 4.69) is 9.97 Å². The Balaban J connectivity index is 1.66. The molecular formula is C19H21Cl2FN4O2. The van der Waals surface area contributed by atoms with E-state index < -0.39 is 11.4 Å². The molecule has 28 heavy (non-hydrogen) atoms. The molecule has 1 amide bonds. The summed E-state index contributed by atoms with van der Waals surface area (Å²) in [4.78, 5) is 24.9. The van der Waals surface area contributed by atoms with Crippen LogP contribution in [0.15, 0.2) is 12.1 Å². The number of anilines is 1. The zero-order valence-electron chi connectivity index (χ0n) is 15.9. The van der Waals surface area contributed by atoms with Crippen LogP contribution >= 0.6 is 23.2 Å². The Bertz CT molecular complexity index is 936. The van der Waals surface area contributed by atoms with Crippen molar-refractivity contribution < 1.29 is 13.9 Å². The summed E-state index contributed by atoms with van der Waals surface area (Å²) in [5.74, 6) is 0.000511. The van der Waals surface area contributed by atoms with E-state index in [9.17, 15) is 9.18 Å². The molecule has 2 fully saturated rings. The van der Waals surface area contributed by atoms with Crippen LogP contribution in [-0.4, -0.2) is 51.7 Å². The fourth-order valence-electron chi connectivity index (χ4n) is 4.04. The SMILES string of the molecule is CC(C)(C)OC(=O)N1C2CCC1CN(c1nc(Cl)nc3c(F)cc(Cl)cc13)C2. The first-order chi connectivity index (χ1) is 13.1. The summed E-state index contributed by atoms with van der Waals surface area (Å²) in [6.07, 6.45) is 1.47. The van der Waals surface area contributed by atoms with Gasteiger partial charge in [-0.25, -0.2) is 14.2 Å². The molecule has 3 heterocycles. The molecule has 2 aromatic rings. The van der Waals surface area contributed by atoms with Crippen LogP contribution in [0.25, 0.3) is 10.9 Å². The van der Waals surface area contributed by atoms with Gasteiger partial charge in [0.25, 0.3) is 0 Å². The topological polar surface area (TPSA) is 58.6 Å². The molecule has 2 unspecified atom stereocenters. The second-order valence-electron chi connectivity index (χ2n) is 8.28. The first-order valence-corrected chi connectivity index (χ1v) is 9.96. The molecule has 0 radical (unpaired) electrons. The van der Waals surface area contributed by atoms with Crippen molar-refractivity contribution in [3.05, 3.63) is 28.3 Å². The lowest BCUT2D eigenvalue weighted by molar-refractivity contribution is 0.0123. The van der Waals surface area contributed by atoms with Crippen LogP contribution in [0.4, 0.5) is 15.0 Å². The molecule has 0 N–H and O–H groups in total. The van der Waals surface area contributed by atoms with Gasteiger partial charge in [-0.2, -0.15) is 4.98 Å². The third-order valence-electron chi connectivity index (χ3n) is 5.06. The zero-order valence-corrected chi connectivity index (χ0v) is 17.4. The molecule has 1 aromatic carbocycles. The number of carbonyl (C=O) groups excluding carboxylic acids is 1. The van der Waals surface area contributed by atoms with E-state index in [0.29, 0.717) is 24.3 Å². The molecule has 2 aliphatic rings. The van der Waals surface area contributed by atoms with Gasteiger partial charge in [0.2, 0.25) is 5.28 Å². The third kappa shape index (κ3) is 3.57. The van der Waals surface area contributed by atoms with Crippen LogP contribution in [0.2, 0.25) is 10.3 Å². The molecule has 9 heteroatoms. The smallest absolute Gasteiger partial charge is 0.410 e. The van der Waals surface area contributed by atoms with Crippen molar-refractivity contribution in [2.45, 2.75) is 51.3 Å². The number of carbonyl (C=O) groups is 1. The van der Waals surface area contributed by atoms with Gasteiger partial charge in [-0.15, -0.1) is 0 Å². The van der Waals surface area contributed by atoms with Crippen molar-refractivity contribution in [1.82, 2.24) is 14.9 Å². The monoisotopic (exact) mass is 426 g/mol. The Hall–Kier alpha value is -1.86. The summed E-state index contributed by atoms with van der Waals surface area (Å²) in [7, 11) is 0. The number of hydrogen-bond donors (Lipinski definition) is 0. The number of amides is 1. The van der Waals surface area contributed by atoms with E-state index in [1.165, 1.54) is 6.07 Å². The second kappa shape index (κ2) is 6.88. The number of nitrogens with zero attached hydrogens (tertiary/aromatic N) is 4. The van der Waals surface area contributed by atoms with E-state index in [1.807, 2.05) is 30.6 Å². The molecule has 2 bridgehead atoms. The summed E-state index contributed by atoms with van der Waals surface area (Å²) in [5, 5.41) is 0.762. The lowest BCUT2D eigenvalue weighted by Crippen LogP contribution is -2.57. The van der Waals surface area contributed by atoms with Crippen LogP contribution in [0.5, 0.6) is 0 Å². The lowest BCUT2D eigenvalue weighted by atomic mass is 10.1. The number of hydrogen-bond acceptors (Lipinski definition) is 5. The minimum atomic E-state index is -0.543. The number of ether oxygens (including phenoxy) is 1. The maximum atomic E-state index is 14.3. The number of piperazine rings is 1. The Morgan fingerprint density at radius 2 is 1.82 bits per heavy atom. The Labute approximate surface area is 172 Å². The molecule has 2 atom stereocenters. The lowest BCUT2D eigenvalue weighted by Gasteiger charge is -2.42. The van der Waals surface area contributed by atoms with Gasteiger partial charge >= 0.3 is 6.09 Å². The van der Waals surface area contributed by atoms with Gasteiger partial charge < -0.3 is 9.64 Å². The van der Waals surface area contributed by atoms with Crippen LogP contribution in [-0.2, 0) is 4.74 Å². The molecule has 4 rings (SSSR count). The predicted octanol–water partition coefficient (Wildman–Crippen LogP) is 4.66. The summed E-state index contributed by atoms with van der Waals surface area (Å²) in [5.41, 5.74) is -0.403. The van der Waals surface area contributed by atoms with E-state index in [4.69, 9.17) is 27.9 Å². The van der Waals surface area contributed by atoms with Crippen molar-refractivity contribution in [1.29, 1.82) is 0 Å². The van der Waals surface area contributed by atoms with Crippen LogP contribution in [0.3, 0.4) is 0 Å². The van der Waals surface area contributed by atoms with Gasteiger partial charge in [0, 0.05) is 23.5 Å². The molecule has 150 valence electrons. The largest absolute Gasteiger partial charge is 0.444 e. The van der Waals surface area contributed by atoms with Crippen molar-refractivity contribution in [3.63, 3.8) is 0 Å². The van der Waals surface area contributed by atoms with Crippen molar-refractivity contribution >= 4 is 46.0 Å². The van der Waals surface area contributed by atoms with E-state index in [-0.39, 0.29) is 34.0 Å². The average Bonchev–Trinajstić information content (AvgIpc) is 2.84. The van der Waals surface area contributed by atoms with E-state index in [1.54, 1.807) is 6.07 Å². The third-order valence-corrected chi connectivity index (χ3v) is 5.44. The number of rotatable bonds is 1. The maximum absolute atomic E-state index is 14.3. The molecule has 2 aliphatic heterocycles. The van der Waals surface area contributed by atoms with Crippen LogP contribution < -0.4 is 4.90 Å². The van der Waals surface area contributed by atoms with Crippen molar-refractivity contribution in [2.24, 2.45) is 0 Å². The van der Waals surface area contributed by atoms with Gasteiger partial charge in [-0.05, 0) is 57.3 Å². The number of benzene rings is 1. The highest BCUT2D eigenvalue weighted by Gasteiger charge is 2.45. The minimum Gasteiger partial charge on any atom is -0.444 e. The summed E-state index contributed by atoms with van der Waals surface area (Å²) in [6, 6.07) is 2.86. The van der Waals surface area contributed by atoms with Crippen molar-refractivity contribution in [3.8, 4) is 0 Å². The molecule has 0 aliphatic carbocycles. The first-order valence-electron chi connectivity index (χ1n) is 9.21. The van der Waals surface area contributed by atoms with Gasteiger partial charge in [0.15, 0.2) is 5.82 Å². The Kier molecular flexibility index (Phi) is 4.78. The fraction of sp³-hybridized carbons (Fsp3) is 0.526. The highest BCUT2D eigenvalue weighted by Crippen LogP contribution is 2.37. The Morgan fingerprint density at radius 3 is 2.43 bits per heavy atom. The van der Waals surface area contributed by atoms with Gasteiger partial charge in [0.1, 0.15) is 16.9 Å². The summed E-state index contributed by atoms with van der Waals surface area (Å²) >= 11 is 12.1. The standard InChI is InChI=1S/C19H21Cl2FN4O2/c1-19(2,3)28-18(27)26-11-4-5-12(26)9-25(8-11)16-13-6-10(20)7-14(22)15(13)23-17(21)24-16/h6-7,11-12H,4-5,8-9H2,1-3H3.